The van der Waals surface area contributed by atoms with Crippen LogP contribution in [0.1, 0.15) is 10.6 Å². The van der Waals surface area contributed by atoms with Crippen LogP contribution >= 0.6 is 23.1 Å². The topological polar surface area (TPSA) is 97.6 Å². The molecule has 0 fully saturated rings. The molecule has 9 heteroatoms. The predicted molar refractivity (Wildman–Crippen MR) is 85.2 cm³/mol. The number of H-pyrrole nitrogens is 1. The number of nitrogens with zero attached hydrogens (tertiary/aromatic N) is 4. The second-order valence-corrected chi connectivity index (χ2v) is 6.49. The van der Waals surface area contributed by atoms with Crippen molar-refractivity contribution in [2.75, 3.05) is 6.26 Å². The molecular weight excluding hydrogens is 322 g/mol. The van der Waals surface area contributed by atoms with Crippen LogP contribution in [0.25, 0.3) is 11.4 Å². The minimum Gasteiger partial charge on any atom is -0.345 e. The lowest BCUT2D eigenvalue weighted by atomic mass is 10.0. The number of nitrogens with one attached hydrogen (secondary N) is 1. The number of aromatic nitrogens is 4. The molecule has 0 aliphatic rings. The molecule has 1 N–H and O–H groups in total. The van der Waals surface area contributed by atoms with Crippen molar-refractivity contribution in [3.05, 3.63) is 51.3 Å². The van der Waals surface area contributed by atoms with Gasteiger partial charge in [0, 0.05) is 36.5 Å². The quantitative estimate of drug-likeness (QED) is 0.437. The van der Waals surface area contributed by atoms with Crippen molar-refractivity contribution >= 4 is 28.8 Å². The summed E-state index contributed by atoms with van der Waals surface area (Å²) in [5.41, 5.74) is 1.68. The second-order valence-electron chi connectivity index (χ2n) is 4.38. The molecular formula is C13H11N5O2S2. The van der Waals surface area contributed by atoms with E-state index in [-0.39, 0.29) is 5.69 Å². The zero-order valence-corrected chi connectivity index (χ0v) is 13.1. The predicted octanol–water partition coefficient (Wildman–Crippen LogP) is 3.15. The average molecular weight is 333 g/mol. The molecule has 0 unspecified atom stereocenters. The average Bonchev–Trinajstić information content (AvgIpc) is 3.18. The molecule has 0 radical (unpaired) electrons. The number of nitro benzene ring substituents is 1. The number of thioether (sulfide) groups is 1. The van der Waals surface area contributed by atoms with Crippen molar-refractivity contribution in [1.82, 2.24) is 20.2 Å². The molecule has 0 saturated heterocycles. The second kappa shape index (κ2) is 6.24. The van der Waals surface area contributed by atoms with Gasteiger partial charge in [-0.3, -0.25) is 10.1 Å². The highest BCUT2D eigenvalue weighted by Crippen LogP contribution is 2.29. The molecule has 0 aliphatic heterocycles. The van der Waals surface area contributed by atoms with Crippen LogP contribution in [-0.2, 0) is 6.42 Å². The first-order chi connectivity index (χ1) is 10.7. The Bertz CT molecular complexity index is 801. The Morgan fingerprint density at radius 1 is 1.41 bits per heavy atom. The van der Waals surface area contributed by atoms with Crippen LogP contribution in [0, 0.1) is 10.1 Å². The van der Waals surface area contributed by atoms with Crippen LogP contribution in [0.2, 0.25) is 0 Å². The Morgan fingerprint density at radius 2 is 2.27 bits per heavy atom. The molecule has 0 saturated carbocycles. The summed E-state index contributed by atoms with van der Waals surface area (Å²) >= 11 is 3.02. The molecule has 22 heavy (non-hydrogen) atoms. The molecule has 7 nitrogen and oxygen atoms in total. The van der Waals surface area contributed by atoms with E-state index < -0.39 is 4.92 Å². The van der Waals surface area contributed by atoms with Gasteiger partial charge in [0.05, 0.1) is 4.92 Å². The fourth-order valence-corrected chi connectivity index (χ4v) is 3.38. The lowest BCUT2D eigenvalue weighted by Crippen LogP contribution is -1.96. The van der Waals surface area contributed by atoms with Crippen LogP contribution in [0.3, 0.4) is 0 Å². The third-order valence-electron chi connectivity index (χ3n) is 3.02. The molecule has 0 amide bonds. The number of hydrogen-bond donors (Lipinski definition) is 1. The van der Waals surface area contributed by atoms with Gasteiger partial charge in [-0.2, -0.15) is 0 Å². The zero-order chi connectivity index (χ0) is 15.5. The van der Waals surface area contributed by atoms with E-state index in [0.29, 0.717) is 12.2 Å². The van der Waals surface area contributed by atoms with E-state index in [0.717, 1.165) is 20.5 Å². The van der Waals surface area contributed by atoms with E-state index in [2.05, 4.69) is 20.2 Å². The van der Waals surface area contributed by atoms with Gasteiger partial charge in [0.15, 0.2) is 4.34 Å². The highest BCUT2D eigenvalue weighted by molar-refractivity contribution is 8.00. The summed E-state index contributed by atoms with van der Waals surface area (Å²) in [5.74, 6) is 0.680. The summed E-state index contributed by atoms with van der Waals surface area (Å²) in [5, 5.41) is 20.0. The molecule has 0 spiro atoms. The molecule has 2 heterocycles. The fraction of sp³-hybridized carbons (Fsp3) is 0.154. The normalized spacial score (nSPS) is 10.8. The Kier molecular flexibility index (Phi) is 4.16. The Morgan fingerprint density at radius 3 is 2.91 bits per heavy atom. The summed E-state index contributed by atoms with van der Waals surface area (Å²) in [4.78, 5) is 17.9. The fourth-order valence-electron chi connectivity index (χ4n) is 2.04. The highest BCUT2D eigenvalue weighted by Gasteiger charge is 2.15. The molecule has 112 valence electrons. The maximum absolute atomic E-state index is 11.0. The summed E-state index contributed by atoms with van der Waals surface area (Å²) in [6.45, 7) is 0. The Balaban J connectivity index is 2.02. The van der Waals surface area contributed by atoms with Crippen LogP contribution in [0.15, 0.2) is 34.9 Å². The first-order valence-electron chi connectivity index (χ1n) is 6.31. The minimum absolute atomic E-state index is 0.0555. The van der Waals surface area contributed by atoms with Gasteiger partial charge in [-0.25, -0.2) is 4.98 Å². The van der Waals surface area contributed by atoms with Gasteiger partial charge in [0.2, 0.25) is 0 Å². The van der Waals surface area contributed by atoms with Gasteiger partial charge < -0.3 is 4.98 Å². The Hall–Kier alpha value is -2.26. The van der Waals surface area contributed by atoms with E-state index >= 15 is 0 Å². The highest BCUT2D eigenvalue weighted by atomic mass is 32.2. The van der Waals surface area contributed by atoms with Crippen molar-refractivity contribution < 1.29 is 4.92 Å². The van der Waals surface area contributed by atoms with Crippen molar-refractivity contribution in [2.24, 2.45) is 0 Å². The number of hydrogen-bond acceptors (Lipinski definition) is 7. The monoisotopic (exact) mass is 333 g/mol. The molecule has 3 aromatic rings. The maximum Gasteiger partial charge on any atom is 0.269 e. The molecule has 0 atom stereocenters. The number of imidazole rings is 1. The summed E-state index contributed by atoms with van der Waals surface area (Å²) in [7, 11) is 0. The Labute approximate surface area is 134 Å². The molecule has 2 aromatic heterocycles. The third kappa shape index (κ3) is 3.00. The molecule has 3 rings (SSSR count). The number of non-ortho nitro benzene ring substituents is 1. The summed E-state index contributed by atoms with van der Waals surface area (Å²) in [6, 6.07) is 4.76. The lowest BCUT2D eigenvalue weighted by molar-refractivity contribution is -0.384. The van der Waals surface area contributed by atoms with Crippen molar-refractivity contribution in [1.29, 1.82) is 0 Å². The number of nitro groups is 1. The van der Waals surface area contributed by atoms with Crippen LogP contribution < -0.4 is 0 Å². The third-order valence-corrected chi connectivity index (χ3v) is 4.92. The van der Waals surface area contributed by atoms with Crippen LogP contribution in [-0.4, -0.2) is 31.3 Å². The van der Waals surface area contributed by atoms with Gasteiger partial charge >= 0.3 is 0 Å². The zero-order valence-electron chi connectivity index (χ0n) is 11.5. The van der Waals surface area contributed by atoms with Gasteiger partial charge in [-0.05, 0) is 17.9 Å². The van der Waals surface area contributed by atoms with Crippen molar-refractivity contribution in [2.45, 2.75) is 10.8 Å². The smallest absolute Gasteiger partial charge is 0.269 e. The van der Waals surface area contributed by atoms with E-state index in [1.807, 2.05) is 6.26 Å². The van der Waals surface area contributed by atoms with Crippen molar-refractivity contribution in [3.8, 4) is 11.4 Å². The first kappa shape index (κ1) is 14.7. The summed E-state index contributed by atoms with van der Waals surface area (Å²) < 4.78 is 0.875. The lowest BCUT2D eigenvalue weighted by Gasteiger charge is -2.05. The van der Waals surface area contributed by atoms with Gasteiger partial charge in [0.1, 0.15) is 10.8 Å². The minimum atomic E-state index is -0.400. The van der Waals surface area contributed by atoms with Gasteiger partial charge in [-0.1, -0.05) is 23.1 Å². The largest absolute Gasteiger partial charge is 0.345 e. The van der Waals surface area contributed by atoms with Crippen molar-refractivity contribution in [3.63, 3.8) is 0 Å². The number of benzene rings is 1. The van der Waals surface area contributed by atoms with E-state index in [1.165, 1.54) is 29.2 Å². The van der Waals surface area contributed by atoms with E-state index in [1.54, 1.807) is 24.5 Å². The number of rotatable bonds is 5. The van der Waals surface area contributed by atoms with Gasteiger partial charge in [0.25, 0.3) is 5.69 Å². The standard InChI is InChI=1S/C13H11N5O2S2/c1-21-13-17-16-11(22-13)7-8-6-9(18(19)20)2-3-10(8)12-14-4-5-15-12/h2-6H,7H2,1H3,(H,14,15). The van der Waals surface area contributed by atoms with Crippen LogP contribution in [0.5, 0.6) is 0 Å². The summed E-state index contributed by atoms with van der Waals surface area (Å²) in [6.07, 6.45) is 5.79. The van der Waals surface area contributed by atoms with E-state index in [9.17, 15) is 10.1 Å². The molecule has 0 bridgehead atoms. The van der Waals surface area contributed by atoms with Gasteiger partial charge in [-0.15, -0.1) is 10.2 Å². The molecule has 0 aliphatic carbocycles. The van der Waals surface area contributed by atoms with E-state index in [4.69, 9.17) is 0 Å². The molecule has 1 aromatic carbocycles. The van der Waals surface area contributed by atoms with Crippen LogP contribution in [0.4, 0.5) is 5.69 Å². The maximum atomic E-state index is 11.0. The SMILES string of the molecule is CSc1nnc(Cc2cc([N+](=O)[O-])ccc2-c2ncc[nH]2)s1. The first-order valence-corrected chi connectivity index (χ1v) is 8.35. The number of aromatic amines is 1.